The quantitative estimate of drug-likeness (QED) is 0.817. The first-order valence-electron chi connectivity index (χ1n) is 6.86. The fourth-order valence-corrected chi connectivity index (χ4v) is 2.85. The zero-order valence-corrected chi connectivity index (χ0v) is 13.9. The van der Waals surface area contributed by atoms with Crippen LogP contribution in [0.15, 0.2) is 46.9 Å². The van der Waals surface area contributed by atoms with Crippen molar-refractivity contribution in [2.45, 2.75) is 25.9 Å². The Kier molecular flexibility index (Phi) is 5.37. The highest BCUT2D eigenvalue weighted by Crippen LogP contribution is 2.29. The number of benzene rings is 2. The van der Waals surface area contributed by atoms with Gasteiger partial charge in [-0.05, 0) is 65.2 Å². The first-order valence-corrected chi connectivity index (χ1v) is 7.65. The van der Waals surface area contributed by atoms with Crippen molar-refractivity contribution in [2.75, 3.05) is 7.11 Å². The van der Waals surface area contributed by atoms with E-state index in [1.165, 1.54) is 6.07 Å². The smallest absolute Gasteiger partial charge is 0.133 e. The van der Waals surface area contributed by atoms with Gasteiger partial charge in [0.05, 0.1) is 11.6 Å². The highest BCUT2D eigenvalue weighted by molar-refractivity contribution is 9.10. The molecular formula is C17H19BrFNO. The van der Waals surface area contributed by atoms with Crippen molar-refractivity contribution < 1.29 is 9.13 Å². The fraction of sp³-hybridized carbons (Fsp3) is 0.294. The van der Waals surface area contributed by atoms with Gasteiger partial charge in [-0.1, -0.05) is 18.2 Å². The van der Waals surface area contributed by atoms with Gasteiger partial charge in [0.25, 0.3) is 0 Å². The van der Waals surface area contributed by atoms with Crippen LogP contribution in [0.25, 0.3) is 0 Å². The Morgan fingerprint density at radius 1 is 1.05 bits per heavy atom. The van der Waals surface area contributed by atoms with E-state index in [0.29, 0.717) is 0 Å². The van der Waals surface area contributed by atoms with Gasteiger partial charge in [0.15, 0.2) is 0 Å². The number of ether oxygens (including phenoxy) is 1. The Morgan fingerprint density at radius 2 is 1.71 bits per heavy atom. The number of halogens is 2. The van der Waals surface area contributed by atoms with Crippen LogP contribution in [0.5, 0.6) is 5.75 Å². The maximum atomic E-state index is 13.3. The van der Waals surface area contributed by atoms with E-state index in [1.807, 2.05) is 31.2 Å². The summed E-state index contributed by atoms with van der Waals surface area (Å²) in [6.07, 6.45) is 0. The summed E-state index contributed by atoms with van der Waals surface area (Å²) in [5.41, 5.74) is 2.08. The van der Waals surface area contributed by atoms with Crippen molar-refractivity contribution in [3.8, 4) is 5.75 Å². The largest absolute Gasteiger partial charge is 0.496 e. The highest BCUT2D eigenvalue weighted by Gasteiger charge is 2.13. The molecule has 4 heteroatoms. The van der Waals surface area contributed by atoms with E-state index < -0.39 is 0 Å². The van der Waals surface area contributed by atoms with Crippen molar-refractivity contribution in [1.29, 1.82) is 0 Å². The minimum atomic E-state index is -0.207. The summed E-state index contributed by atoms with van der Waals surface area (Å²) in [6.45, 7) is 4.12. The van der Waals surface area contributed by atoms with Crippen LogP contribution in [0.3, 0.4) is 0 Å². The number of hydrogen-bond acceptors (Lipinski definition) is 2. The van der Waals surface area contributed by atoms with Crippen LogP contribution in [-0.2, 0) is 0 Å². The molecule has 0 fully saturated rings. The normalized spacial score (nSPS) is 13.8. The lowest BCUT2D eigenvalue weighted by Gasteiger charge is -2.21. The van der Waals surface area contributed by atoms with Gasteiger partial charge in [-0.3, -0.25) is 0 Å². The van der Waals surface area contributed by atoms with Crippen LogP contribution in [0.1, 0.15) is 37.1 Å². The maximum Gasteiger partial charge on any atom is 0.133 e. The van der Waals surface area contributed by atoms with Gasteiger partial charge in [0.1, 0.15) is 11.6 Å². The third kappa shape index (κ3) is 4.05. The molecule has 2 atom stereocenters. The van der Waals surface area contributed by atoms with E-state index in [1.54, 1.807) is 19.2 Å². The molecule has 0 aromatic heterocycles. The van der Waals surface area contributed by atoms with Gasteiger partial charge < -0.3 is 10.1 Å². The van der Waals surface area contributed by atoms with Gasteiger partial charge in [0.2, 0.25) is 0 Å². The number of methoxy groups -OCH3 is 1. The number of hydrogen-bond donors (Lipinski definition) is 1. The van der Waals surface area contributed by atoms with Gasteiger partial charge in [0, 0.05) is 12.1 Å². The predicted octanol–water partition coefficient (Wildman–Crippen LogP) is 5.01. The lowest BCUT2D eigenvalue weighted by atomic mass is 10.0. The molecule has 0 aliphatic rings. The Hall–Kier alpha value is -1.39. The zero-order valence-electron chi connectivity index (χ0n) is 12.4. The summed E-state index contributed by atoms with van der Waals surface area (Å²) in [6, 6.07) is 12.9. The van der Waals surface area contributed by atoms with Crippen molar-refractivity contribution in [1.82, 2.24) is 5.32 Å². The summed E-state index contributed by atoms with van der Waals surface area (Å²) < 4.78 is 19.4. The second kappa shape index (κ2) is 7.05. The van der Waals surface area contributed by atoms with Crippen LogP contribution in [-0.4, -0.2) is 7.11 Å². The molecule has 2 aromatic carbocycles. The average molecular weight is 352 g/mol. The van der Waals surface area contributed by atoms with Crippen molar-refractivity contribution in [3.05, 3.63) is 63.9 Å². The molecule has 2 nitrogen and oxygen atoms in total. The Labute approximate surface area is 133 Å². The van der Waals surface area contributed by atoms with Gasteiger partial charge >= 0.3 is 0 Å². The Balaban J connectivity index is 2.10. The topological polar surface area (TPSA) is 21.3 Å². The molecule has 0 heterocycles. The second-order valence-corrected chi connectivity index (χ2v) is 5.91. The second-order valence-electron chi connectivity index (χ2n) is 5.06. The van der Waals surface area contributed by atoms with Crippen molar-refractivity contribution in [3.63, 3.8) is 0 Å². The van der Waals surface area contributed by atoms with Crippen molar-refractivity contribution >= 4 is 15.9 Å². The van der Waals surface area contributed by atoms with Crippen LogP contribution in [0, 0.1) is 5.82 Å². The molecule has 0 aliphatic heterocycles. The van der Waals surface area contributed by atoms with E-state index in [9.17, 15) is 4.39 Å². The molecule has 0 amide bonds. The number of rotatable bonds is 5. The van der Waals surface area contributed by atoms with E-state index in [4.69, 9.17) is 4.74 Å². The van der Waals surface area contributed by atoms with Crippen LogP contribution in [0.4, 0.5) is 4.39 Å². The molecule has 112 valence electrons. The minimum absolute atomic E-state index is 0.0663. The zero-order chi connectivity index (χ0) is 15.4. The molecule has 0 aliphatic carbocycles. The monoisotopic (exact) mass is 351 g/mol. The minimum Gasteiger partial charge on any atom is -0.496 e. The molecule has 2 aromatic rings. The molecule has 0 saturated carbocycles. The van der Waals surface area contributed by atoms with E-state index in [0.717, 1.165) is 21.3 Å². The molecule has 21 heavy (non-hydrogen) atoms. The standard InChI is InChI=1S/C17H19BrFNO/c1-11(13-5-4-6-15(19)9-13)20-12(2)14-7-8-17(21-3)16(18)10-14/h4-12,20H,1-3H3/t11-,12?/m1/s1. The Bertz CT molecular complexity index is 617. The van der Waals surface area contributed by atoms with E-state index in [-0.39, 0.29) is 17.9 Å². The molecule has 1 N–H and O–H groups in total. The molecule has 0 radical (unpaired) electrons. The third-order valence-electron chi connectivity index (χ3n) is 3.52. The van der Waals surface area contributed by atoms with Gasteiger partial charge in [-0.2, -0.15) is 0 Å². The van der Waals surface area contributed by atoms with Crippen LogP contribution >= 0.6 is 15.9 Å². The lowest BCUT2D eigenvalue weighted by Crippen LogP contribution is -2.22. The maximum absolute atomic E-state index is 13.3. The van der Waals surface area contributed by atoms with Gasteiger partial charge in [-0.25, -0.2) is 4.39 Å². The molecule has 0 saturated heterocycles. The summed E-state index contributed by atoms with van der Waals surface area (Å²) in [5, 5.41) is 3.48. The lowest BCUT2D eigenvalue weighted by molar-refractivity contribution is 0.411. The third-order valence-corrected chi connectivity index (χ3v) is 4.14. The SMILES string of the molecule is COc1ccc(C(C)N[C@H](C)c2cccc(F)c2)cc1Br. The Morgan fingerprint density at radius 3 is 2.29 bits per heavy atom. The molecule has 0 bridgehead atoms. The molecule has 1 unspecified atom stereocenters. The molecule has 2 rings (SSSR count). The summed E-state index contributed by atoms with van der Waals surface area (Å²) in [5.74, 6) is 0.602. The van der Waals surface area contributed by atoms with E-state index in [2.05, 4.69) is 28.2 Å². The first kappa shape index (κ1) is 16.0. The predicted molar refractivity (Wildman–Crippen MR) is 87.1 cm³/mol. The fourth-order valence-electron chi connectivity index (χ4n) is 2.30. The summed E-state index contributed by atoms with van der Waals surface area (Å²) in [7, 11) is 1.65. The molecule has 0 spiro atoms. The van der Waals surface area contributed by atoms with Crippen molar-refractivity contribution in [2.24, 2.45) is 0 Å². The number of nitrogens with one attached hydrogen (secondary N) is 1. The average Bonchev–Trinajstić information content (AvgIpc) is 2.47. The summed E-state index contributed by atoms with van der Waals surface area (Å²) in [4.78, 5) is 0. The van der Waals surface area contributed by atoms with Crippen LogP contribution < -0.4 is 10.1 Å². The first-order chi connectivity index (χ1) is 10.0. The highest BCUT2D eigenvalue weighted by atomic mass is 79.9. The van der Waals surface area contributed by atoms with Gasteiger partial charge in [-0.15, -0.1) is 0 Å². The summed E-state index contributed by atoms with van der Waals surface area (Å²) >= 11 is 3.49. The van der Waals surface area contributed by atoms with E-state index >= 15 is 0 Å². The molecular weight excluding hydrogens is 333 g/mol. The van der Waals surface area contributed by atoms with Crippen LogP contribution in [0.2, 0.25) is 0 Å².